The number of carbonyl (C=O) groups is 3. The Kier molecular flexibility index (Phi) is 5.34. The summed E-state index contributed by atoms with van der Waals surface area (Å²) in [5.41, 5.74) is -0.168. The number of hydrogen-bond donors (Lipinski definition) is 0. The van der Waals surface area contributed by atoms with Crippen LogP contribution in [0.15, 0.2) is 11.6 Å². The van der Waals surface area contributed by atoms with E-state index in [-0.39, 0.29) is 13.2 Å². The number of amides is 1. The second kappa shape index (κ2) is 6.60. The molecule has 1 aliphatic rings. The normalized spacial score (nSPS) is 18.0. The van der Waals surface area contributed by atoms with Crippen LogP contribution in [0.3, 0.4) is 0 Å². The lowest BCUT2D eigenvalue weighted by Gasteiger charge is -2.28. The number of esters is 2. The van der Waals surface area contributed by atoms with E-state index >= 15 is 0 Å². The Balaban J connectivity index is 2.85. The van der Waals surface area contributed by atoms with Crippen molar-refractivity contribution in [2.24, 2.45) is 0 Å². The van der Waals surface area contributed by atoms with Crippen molar-refractivity contribution in [3.05, 3.63) is 11.6 Å². The third-order valence-corrected chi connectivity index (χ3v) is 2.71. The molecule has 0 aromatic carbocycles. The van der Waals surface area contributed by atoms with E-state index < -0.39 is 29.7 Å². The van der Waals surface area contributed by atoms with Gasteiger partial charge in [-0.25, -0.2) is 9.59 Å². The molecular weight excluding hydrogens is 278 g/mol. The number of rotatable bonds is 3. The van der Waals surface area contributed by atoms with E-state index in [0.717, 1.165) is 0 Å². The van der Waals surface area contributed by atoms with Crippen molar-refractivity contribution in [1.82, 2.24) is 4.90 Å². The summed E-state index contributed by atoms with van der Waals surface area (Å²) in [6.45, 7) is 6.62. The van der Waals surface area contributed by atoms with E-state index in [4.69, 9.17) is 14.2 Å². The van der Waals surface area contributed by atoms with Crippen molar-refractivity contribution in [3.8, 4) is 0 Å². The lowest BCUT2D eigenvalue weighted by atomic mass is 10.1. The zero-order chi connectivity index (χ0) is 16.2. The van der Waals surface area contributed by atoms with Crippen molar-refractivity contribution in [2.45, 2.75) is 39.3 Å². The first kappa shape index (κ1) is 17.0. The fourth-order valence-electron chi connectivity index (χ4n) is 1.85. The molecule has 1 unspecified atom stereocenters. The van der Waals surface area contributed by atoms with Crippen LogP contribution < -0.4 is 0 Å². The second-order valence-electron chi connectivity index (χ2n) is 5.62. The van der Waals surface area contributed by atoms with Crippen LogP contribution in [0.1, 0.15) is 27.7 Å². The molecule has 0 saturated carbocycles. The maximum atomic E-state index is 12.1. The van der Waals surface area contributed by atoms with Crippen LogP contribution in [0.25, 0.3) is 0 Å². The van der Waals surface area contributed by atoms with Gasteiger partial charge in [-0.1, -0.05) is 6.08 Å². The van der Waals surface area contributed by atoms with Crippen LogP contribution >= 0.6 is 0 Å². The maximum absolute atomic E-state index is 12.1. The fraction of sp³-hybridized carbons (Fsp3) is 0.643. The summed E-state index contributed by atoms with van der Waals surface area (Å²) in [6.07, 6.45) is 1.04. The zero-order valence-corrected chi connectivity index (χ0v) is 13.0. The van der Waals surface area contributed by atoms with Crippen LogP contribution in [0.4, 0.5) is 4.79 Å². The minimum Gasteiger partial charge on any atom is -0.467 e. The molecule has 1 atom stereocenters. The van der Waals surface area contributed by atoms with E-state index in [2.05, 4.69) is 0 Å². The molecular formula is C14H21NO6. The number of carbonyl (C=O) groups excluding carboxylic acids is 3. The fourth-order valence-corrected chi connectivity index (χ4v) is 1.85. The summed E-state index contributed by atoms with van der Waals surface area (Å²) in [4.78, 5) is 36.2. The molecule has 0 radical (unpaired) electrons. The predicted octanol–water partition coefficient (Wildman–Crippen LogP) is 1.27. The summed E-state index contributed by atoms with van der Waals surface area (Å²) in [6, 6.07) is -0.927. The molecule has 0 saturated heterocycles. The number of ether oxygens (including phenoxy) is 3. The average molecular weight is 299 g/mol. The molecule has 7 heteroatoms. The minimum absolute atomic E-state index is 0.0611. The van der Waals surface area contributed by atoms with E-state index in [1.54, 1.807) is 26.8 Å². The SMILES string of the molecule is COC(=O)C1C(COC(C)=O)=CCN1C(=O)OC(C)(C)C. The summed E-state index contributed by atoms with van der Waals surface area (Å²) in [5, 5.41) is 0. The Morgan fingerprint density at radius 2 is 1.95 bits per heavy atom. The van der Waals surface area contributed by atoms with Gasteiger partial charge in [0.25, 0.3) is 0 Å². The van der Waals surface area contributed by atoms with Gasteiger partial charge >= 0.3 is 18.0 Å². The molecule has 118 valence electrons. The van der Waals surface area contributed by atoms with Crippen LogP contribution in [0.2, 0.25) is 0 Å². The van der Waals surface area contributed by atoms with E-state index in [1.165, 1.54) is 18.9 Å². The quantitative estimate of drug-likeness (QED) is 0.443. The van der Waals surface area contributed by atoms with Gasteiger partial charge in [0.1, 0.15) is 12.2 Å². The lowest BCUT2D eigenvalue weighted by Crippen LogP contribution is -2.46. The number of hydrogen-bond acceptors (Lipinski definition) is 6. The van der Waals surface area contributed by atoms with Crippen molar-refractivity contribution in [2.75, 3.05) is 20.3 Å². The van der Waals surface area contributed by atoms with Gasteiger partial charge in [0.15, 0.2) is 6.04 Å². The first-order valence-corrected chi connectivity index (χ1v) is 6.55. The minimum atomic E-state index is -0.927. The van der Waals surface area contributed by atoms with Crippen molar-refractivity contribution < 1.29 is 28.6 Å². The van der Waals surface area contributed by atoms with Gasteiger partial charge in [-0.15, -0.1) is 0 Å². The van der Waals surface area contributed by atoms with Crippen molar-refractivity contribution in [3.63, 3.8) is 0 Å². The first-order valence-electron chi connectivity index (χ1n) is 6.55. The molecule has 21 heavy (non-hydrogen) atoms. The molecule has 1 amide bonds. The highest BCUT2D eigenvalue weighted by atomic mass is 16.6. The van der Waals surface area contributed by atoms with E-state index in [9.17, 15) is 14.4 Å². The summed E-state index contributed by atoms with van der Waals surface area (Å²) in [5.74, 6) is -1.06. The second-order valence-corrected chi connectivity index (χ2v) is 5.62. The van der Waals surface area contributed by atoms with Gasteiger partial charge in [0.2, 0.25) is 0 Å². The molecule has 0 N–H and O–H groups in total. The Hall–Kier alpha value is -2.05. The van der Waals surface area contributed by atoms with E-state index in [1.807, 2.05) is 0 Å². The van der Waals surface area contributed by atoms with Crippen LogP contribution in [-0.2, 0) is 23.8 Å². The summed E-state index contributed by atoms with van der Waals surface area (Å²) < 4.78 is 14.9. The largest absolute Gasteiger partial charge is 0.467 e. The van der Waals surface area contributed by atoms with Gasteiger partial charge in [-0.3, -0.25) is 9.69 Å². The highest BCUT2D eigenvalue weighted by Gasteiger charge is 2.39. The number of methoxy groups -OCH3 is 1. The Bertz CT molecular complexity index is 463. The highest BCUT2D eigenvalue weighted by Crippen LogP contribution is 2.23. The molecule has 0 bridgehead atoms. The Morgan fingerprint density at radius 1 is 1.33 bits per heavy atom. The molecule has 0 aromatic heterocycles. The Morgan fingerprint density at radius 3 is 2.43 bits per heavy atom. The van der Waals surface area contributed by atoms with Gasteiger partial charge in [-0.2, -0.15) is 0 Å². The lowest BCUT2D eigenvalue weighted by molar-refractivity contribution is -0.146. The monoisotopic (exact) mass is 299 g/mol. The summed E-state index contributed by atoms with van der Waals surface area (Å²) >= 11 is 0. The standard InChI is InChI=1S/C14H21NO6/c1-9(16)20-8-10-6-7-15(11(10)12(17)19-5)13(18)21-14(2,3)4/h6,11H,7-8H2,1-5H3. The molecule has 1 aliphatic heterocycles. The van der Waals surface area contributed by atoms with Gasteiger partial charge in [0.05, 0.1) is 7.11 Å². The maximum Gasteiger partial charge on any atom is 0.411 e. The molecule has 1 heterocycles. The summed E-state index contributed by atoms with van der Waals surface area (Å²) in [7, 11) is 1.23. The predicted molar refractivity (Wildman–Crippen MR) is 73.5 cm³/mol. The first-order chi connectivity index (χ1) is 9.65. The highest BCUT2D eigenvalue weighted by molar-refractivity contribution is 5.86. The molecule has 1 rings (SSSR count). The molecule has 7 nitrogen and oxygen atoms in total. The van der Waals surface area contributed by atoms with Gasteiger partial charge < -0.3 is 14.2 Å². The Labute approximate surface area is 123 Å². The number of nitrogens with zero attached hydrogens (tertiary/aromatic N) is 1. The average Bonchev–Trinajstić information content (AvgIpc) is 2.77. The zero-order valence-electron chi connectivity index (χ0n) is 13.0. The van der Waals surface area contributed by atoms with Crippen LogP contribution in [0.5, 0.6) is 0 Å². The molecule has 0 spiro atoms. The smallest absolute Gasteiger partial charge is 0.411 e. The van der Waals surface area contributed by atoms with E-state index in [0.29, 0.717) is 5.57 Å². The topological polar surface area (TPSA) is 82.1 Å². The van der Waals surface area contributed by atoms with Crippen LogP contribution in [-0.4, -0.2) is 54.8 Å². The third-order valence-electron chi connectivity index (χ3n) is 2.71. The van der Waals surface area contributed by atoms with Crippen molar-refractivity contribution in [1.29, 1.82) is 0 Å². The van der Waals surface area contributed by atoms with Gasteiger partial charge in [-0.05, 0) is 26.3 Å². The van der Waals surface area contributed by atoms with Crippen LogP contribution in [0, 0.1) is 0 Å². The van der Waals surface area contributed by atoms with Crippen molar-refractivity contribution >= 4 is 18.0 Å². The molecule has 0 aromatic rings. The van der Waals surface area contributed by atoms with Gasteiger partial charge in [0, 0.05) is 13.5 Å². The molecule has 0 fully saturated rings. The molecule has 0 aliphatic carbocycles. The third kappa shape index (κ3) is 4.77.